The topological polar surface area (TPSA) is 38.3 Å². The van der Waals surface area contributed by atoms with Gasteiger partial charge in [0.05, 0.1) is 15.2 Å². The van der Waals surface area contributed by atoms with Gasteiger partial charge in [-0.2, -0.15) is 0 Å². The molecule has 0 saturated heterocycles. The molecule has 0 fully saturated rings. The van der Waals surface area contributed by atoms with Gasteiger partial charge in [0.25, 0.3) is 0 Å². The number of hydrogen-bond donors (Lipinski definition) is 1. The Morgan fingerprint density at radius 2 is 2.15 bits per heavy atom. The second-order valence-electron chi connectivity index (χ2n) is 3.99. The molecule has 0 unspecified atom stereocenters. The van der Waals surface area contributed by atoms with Gasteiger partial charge in [0.15, 0.2) is 8.24 Å². The zero-order chi connectivity index (χ0) is 10.5. The maximum Gasteiger partial charge on any atom is 0.329 e. The molecule has 5 heteroatoms. The highest BCUT2D eigenvalue weighted by molar-refractivity contribution is 6.83. The van der Waals surface area contributed by atoms with E-state index in [1.54, 1.807) is 0 Å². The summed E-state index contributed by atoms with van der Waals surface area (Å²) < 4.78 is 8.59. The first-order valence-corrected chi connectivity index (χ1v) is 10.5. The van der Waals surface area contributed by atoms with E-state index in [1.807, 2.05) is 0 Å². The SMILES string of the molecule is C=CC(=O)OC[Si](C)(C)N[SiH](C)C. The molecule has 13 heavy (non-hydrogen) atoms. The average Bonchev–Trinajstić information content (AvgIpc) is 1.98. The van der Waals surface area contributed by atoms with E-state index in [-0.39, 0.29) is 5.97 Å². The largest absolute Gasteiger partial charge is 0.465 e. The van der Waals surface area contributed by atoms with E-state index >= 15 is 0 Å². The summed E-state index contributed by atoms with van der Waals surface area (Å²) in [6.07, 6.45) is 1.74. The summed E-state index contributed by atoms with van der Waals surface area (Å²) in [7, 11) is -2.30. The van der Waals surface area contributed by atoms with Crippen LogP contribution in [0.4, 0.5) is 0 Å². The Morgan fingerprint density at radius 3 is 2.54 bits per heavy atom. The fraction of sp³-hybridized carbons (Fsp3) is 0.625. The minimum Gasteiger partial charge on any atom is -0.465 e. The standard InChI is InChI=1S/C8H19NO2Si2/c1-6-8(10)11-7-13(4,5)9-12(2)3/h6,9,12H,1,7H2,2-5H3. The molecule has 0 aliphatic heterocycles. The number of nitrogens with one attached hydrogen (secondary N) is 1. The molecule has 0 saturated carbocycles. The van der Waals surface area contributed by atoms with Crippen molar-refractivity contribution in [3.05, 3.63) is 12.7 Å². The van der Waals surface area contributed by atoms with Gasteiger partial charge in [-0.15, -0.1) is 0 Å². The zero-order valence-corrected chi connectivity index (χ0v) is 11.0. The monoisotopic (exact) mass is 217 g/mol. The Bertz CT molecular complexity index is 193. The second kappa shape index (κ2) is 5.36. The van der Waals surface area contributed by atoms with E-state index in [4.69, 9.17) is 4.74 Å². The van der Waals surface area contributed by atoms with Gasteiger partial charge in [-0.25, -0.2) is 4.79 Å². The zero-order valence-electron chi connectivity index (χ0n) is 8.89. The van der Waals surface area contributed by atoms with Crippen molar-refractivity contribution in [3.63, 3.8) is 0 Å². The smallest absolute Gasteiger partial charge is 0.329 e. The third-order valence-corrected chi connectivity index (χ3v) is 7.72. The van der Waals surface area contributed by atoms with E-state index in [9.17, 15) is 4.79 Å². The fourth-order valence-corrected chi connectivity index (χ4v) is 8.22. The molecule has 0 amide bonds. The van der Waals surface area contributed by atoms with Crippen LogP contribution in [0.15, 0.2) is 12.7 Å². The fourth-order valence-electron chi connectivity index (χ4n) is 1.13. The molecular weight excluding hydrogens is 198 g/mol. The lowest BCUT2D eigenvalue weighted by molar-refractivity contribution is -0.136. The minimum absolute atomic E-state index is 0.326. The normalized spacial score (nSPS) is 11.5. The summed E-state index contributed by atoms with van der Waals surface area (Å²) >= 11 is 0. The second-order valence-corrected chi connectivity index (χ2v) is 11.5. The van der Waals surface area contributed by atoms with Crippen LogP contribution < -0.4 is 4.65 Å². The lowest BCUT2D eigenvalue weighted by atomic mass is 10.7. The first-order valence-electron chi connectivity index (χ1n) is 4.44. The molecule has 0 heterocycles. The van der Waals surface area contributed by atoms with Crippen LogP contribution in [0.5, 0.6) is 0 Å². The molecule has 0 aromatic heterocycles. The molecule has 0 rings (SSSR count). The molecule has 0 atom stereocenters. The highest BCUT2D eigenvalue weighted by Crippen LogP contribution is 1.99. The Balaban J connectivity index is 3.88. The van der Waals surface area contributed by atoms with E-state index in [0.717, 1.165) is 0 Å². The van der Waals surface area contributed by atoms with Gasteiger partial charge in [-0.05, 0) is 0 Å². The number of ether oxygens (including phenoxy) is 1. The summed E-state index contributed by atoms with van der Waals surface area (Å²) in [5.74, 6) is -0.326. The van der Waals surface area contributed by atoms with Gasteiger partial charge in [0.2, 0.25) is 0 Å². The first kappa shape index (κ1) is 12.6. The number of hydrogen-bond acceptors (Lipinski definition) is 3. The maximum atomic E-state index is 10.8. The van der Waals surface area contributed by atoms with Gasteiger partial charge >= 0.3 is 5.97 Å². The van der Waals surface area contributed by atoms with Crippen molar-refractivity contribution in [3.8, 4) is 0 Å². The molecular formula is C8H19NO2Si2. The van der Waals surface area contributed by atoms with Gasteiger partial charge in [-0.1, -0.05) is 32.8 Å². The van der Waals surface area contributed by atoms with Crippen LogP contribution in [0, 0.1) is 0 Å². The quantitative estimate of drug-likeness (QED) is 0.425. The van der Waals surface area contributed by atoms with Crippen molar-refractivity contribution in [2.24, 2.45) is 0 Å². The summed E-state index contributed by atoms with van der Waals surface area (Å²) in [6, 6.07) is 0. The number of carbonyl (C=O) groups excluding carboxylic acids is 1. The lowest BCUT2D eigenvalue weighted by Crippen LogP contribution is -2.54. The Labute approximate surface area is 82.9 Å². The van der Waals surface area contributed by atoms with Crippen LogP contribution in [0.25, 0.3) is 0 Å². The predicted octanol–water partition coefficient (Wildman–Crippen LogP) is 1.03. The molecule has 0 aliphatic rings. The molecule has 0 radical (unpaired) electrons. The first-order chi connectivity index (χ1) is 5.87. The van der Waals surface area contributed by atoms with E-state index in [1.165, 1.54) is 6.08 Å². The lowest BCUT2D eigenvalue weighted by Gasteiger charge is -2.25. The van der Waals surface area contributed by atoms with Crippen LogP contribution >= 0.6 is 0 Å². The van der Waals surface area contributed by atoms with E-state index < -0.39 is 17.2 Å². The van der Waals surface area contributed by atoms with Crippen molar-refractivity contribution in [1.82, 2.24) is 4.65 Å². The molecule has 0 bridgehead atoms. The Morgan fingerprint density at radius 1 is 1.62 bits per heavy atom. The van der Waals surface area contributed by atoms with Gasteiger partial charge < -0.3 is 9.38 Å². The van der Waals surface area contributed by atoms with Gasteiger partial charge in [0, 0.05) is 6.08 Å². The van der Waals surface area contributed by atoms with Crippen molar-refractivity contribution >= 4 is 23.2 Å². The number of esters is 1. The van der Waals surface area contributed by atoms with Gasteiger partial charge in [-0.3, -0.25) is 0 Å². The van der Waals surface area contributed by atoms with E-state index in [0.29, 0.717) is 6.23 Å². The minimum atomic E-state index is -1.52. The highest BCUT2D eigenvalue weighted by atomic mass is 28.4. The van der Waals surface area contributed by atoms with Crippen LogP contribution in [-0.4, -0.2) is 29.4 Å². The maximum absolute atomic E-state index is 10.8. The number of carbonyl (C=O) groups is 1. The van der Waals surface area contributed by atoms with Crippen molar-refractivity contribution in [2.75, 3.05) is 6.23 Å². The molecule has 0 aromatic rings. The van der Waals surface area contributed by atoms with E-state index in [2.05, 4.69) is 37.4 Å². The molecule has 76 valence electrons. The van der Waals surface area contributed by atoms with Crippen molar-refractivity contribution < 1.29 is 9.53 Å². The molecule has 1 N–H and O–H groups in total. The molecule has 0 aromatic carbocycles. The third kappa shape index (κ3) is 6.74. The third-order valence-electron chi connectivity index (χ3n) is 1.42. The predicted molar refractivity (Wildman–Crippen MR) is 60.7 cm³/mol. The van der Waals surface area contributed by atoms with Crippen molar-refractivity contribution in [1.29, 1.82) is 0 Å². The Hall–Kier alpha value is -0.396. The summed E-state index contributed by atoms with van der Waals surface area (Å²) in [6.45, 7) is 12.1. The summed E-state index contributed by atoms with van der Waals surface area (Å²) in [5.41, 5.74) is 0. The molecule has 0 spiro atoms. The van der Waals surface area contributed by atoms with Crippen LogP contribution in [0.2, 0.25) is 26.2 Å². The molecule has 0 aliphatic carbocycles. The van der Waals surface area contributed by atoms with Crippen LogP contribution in [-0.2, 0) is 9.53 Å². The highest BCUT2D eigenvalue weighted by Gasteiger charge is 2.23. The average molecular weight is 217 g/mol. The number of rotatable bonds is 5. The summed E-state index contributed by atoms with van der Waals surface area (Å²) in [4.78, 5) is 10.8. The Kier molecular flexibility index (Phi) is 5.20. The summed E-state index contributed by atoms with van der Waals surface area (Å²) in [5, 5.41) is 0. The van der Waals surface area contributed by atoms with Crippen LogP contribution in [0.3, 0.4) is 0 Å². The van der Waals surface area contributed by atoms with Crippen molar-refractivity contribution in [2.45, 2.75) is 26.2 Å². The van der Waals surface area contributed by atoms with Crippen LogP contribution in [0.1, 0.15) is 0 Å². The van der Waals surface area contributed by atoms with Gasteiger partial charge in [0.1, 0.15) is 0 Å². The molecule has 3 nitrogen and oxygen atoms in total.